The van der Waals surface area contributed by atoms with E-state index in [0.29, 0.717) is 6.04 Å². The summed E-state index contributed by atoms with van der Waals surface area (Å²) in [7, 11) is 0. The van der Waals surface area contributed by atoms with Crippen LogP contribution in [0.1, 0.15) is 77.0 Å². The molecule has 0 spiro atoms. The fourth-order valence-electron chi connectivity index (χ4n) is 5.29. The minimum Gasteiger partial charge on any atom is -0.329 e. The molecule has 2 atom stereocenters. The van der Waals surface area contributed by atoms with Crippen LogP contribution < -0.4 is 5.73 Å². The van der Waals surface area contributed by atoms with E-state index < -0.39 is 0 Å². The van der Waals surface area contributed by atoms with E-state index in [9.17, 15) is 0 Å². The predicted molar refractivity (Wildman–Crippen MR) is 85.7 cm³/mol. The number of hydrogen-bond donors (Lipinski definition) is 1. The Morgan fingerprint density at radius 3 is 2.25 bits per heavy atom. The Bertz CT molecular complexity index is 279. The Labute approximate surface area is 125 Å². The standard InChI is InChI=1S/C18H34N2/c19-14-17(13-15-7-2-1-3-8-15)20-12-6-11-18(20)16-9-4-5-10-16/h15-18H,1-14,19H2. The first-order chi connectivity index (χ1) is 9.88. The molecule has 2 unspecified atom stereocenters. The molecule has 3 rings (SSSR count). The lowest BCUT2D eigenvalue weighted by Gasteiger charge is -2.38. The quantitative estimate of drug-likeness (QED) is 0.825. The first-order valence-electron chi connectivity index (χ1n) is 9.34. The van der Waals surface area contributed by atoms with Gasteiger partial charge in [-0.05, 0) is 50.5 Å². The molecule has 0 aromatic heterocycles. The van der Waals surface area contributed by atoms with Crippen molar-refractivity contribution in [3.63, 3.8) is 0 Å². The summed E-state index contributed by atoms with van der Waals surface area (Å²) in [6.45, 7) is 2.22. The van der Waals surface area contributed by atoms with Gasteiger partial charge < -0.3 is 5.73 Å². The molecule has 1 heterocycles. The third-order valence-corrected chi connectivity index (χ3v) is 6.36. The van der Waals surface area contributed by atoms with Crippen LogP contribution in [0.2, 0.25) is 0 Å². The fraction of sp³-hybridized carbons (Fsp3) is 1.00. The first-order valence-corrected chi connectivity index (χ1v) is 9.34. The normalized spacial score (nSPS) is 31.9. The highest BCUT2D eigenvalue weighted by atomic mass is 15.2. The van der Waals surface area contributed by atoms with Crippen molar-refractivity contribution in [1.82, 2.24) is 4.90 Å². The molecule has 0 radical (unpaired) electrons. The van der Waals surface area contributed by atoms with Crippen molar-refractivity contribution in [3.8, 4) is 0 Å². The van der Waals surface area contributed by atoms with E-state index in [1.165, 1.54) is 83.6 Å². The van der Waals surface area contributed by atoms with Crippen LogP contribution in [0.25, 0.3) is 0 Å². The van der Waals surface area contributed by atoms with Crippen molar-refractivity contribution < 1.29 is 0 Å². The Kier molecular flexibility index (Phi) is 5.39. The molecule has 2 aliphatic carbocycles. The number of nitrogens with zero attached hydrogens (tertiary/aromatic N) is 1. The van der Waals surface area contributed by atoms with E-state index in [2.05, 4.69) is 4.90 Å². The van der Waals surface area contributed by atoms with Crippen molar-refractivity contribution >= 4 is 0 Å². The monoisotopic (exact) mass is 278 g/mol. The van der Waals surface area contributed by atoms with Gasteiger partial charge in [0.25, 0.3) is 0 Å². The van der Waals surface area contributed by atoms with Crippen molar-refractivity contribution in [2.45, 2.75) is 89.1 Å². The van der Waals surface area contributed by atoms with Gasteiger partial charge in [0.1, 0.15) is 0 Å². The van der Waals surface area contributed by atoms with Crippen molar-refractivity contribution in [2.24, 2.45) is 17.6 Å². The summed E-state index contributed by atoms with van der Waals surface area (Å²) >= 11 is 0. The highest BCUT2D eigenvalue weighted by Gasteiger charge is 2.37. The molecule has 116 valence electrons. The summed E-state index contributed by atoms with van der Waals surface area (Å²) in [5, 5.41) is 0. The van der Waals surface area contributed by atoms with Crippen LogP contribution in [-0.2, 0) is 0 Å². The predicted octanol–water partition coefficient (Wildman–Crippen LogP) is 3.94. The molecule has 1 aliphatic heterocycles. The zero-order valence-corrected chi connectivity index (χ0v) is 13.2. The number of likely N-dealkylation sites (tertiary alicyclic amines) is 1. The molecule has 0 aromatic rings. The van der Waals surface area contributed by atoms with Crippen molar-refractivity contribution in [2.75, 3.05) is 13.1 Å². The summed E-state index contributed by atoms with van der Waals surface area (Å²) < 4.78 is 0. The topological polar surface area (TPSA) is 29.3 Å². The third kappa shape index (κ3) is 3.39. The van der Waals surface area contributed by atoms with Crippen LogP contribution in [0.15, 0.2) is 0 Å². The molecule has 2 nitrogen and oxygen atoms in total. The molecule has 2 N–H and O–H groups in total. The Hall–Kier alpha value is -0.0800. The van der Waals surface area contributed by atoms with Gasteiger partial charge in [0.2, 0.25) is 0 Å². The summed E-state index contributed by atoms with van der Waals surface area (Å²) in [4.78, 5) is 2.85. The Morgan fingerprint density at radius 1 is 0.850 bits per heavy atom. The molecule has 0 amide bonds. The van der Waals surface area contributed by atoms with Gasteiger partial charge in [0.05, 0.1) is 0 Å². The molecule has 0 aromatic carbocycles. The maximum atomic E-state index is 6.19. The van der Waals surface area contributed by atoms with Gasteiger partial charge in [-0.15, -0.1) is 0 Å². The molecule has 2 saturated carbocycles. The smallest absolute Gasteiger partial charge is 0.0224 e. The Morgan fingerprint density at radius 2 is 1.55 bits per heavy atom. The molecule has 2 heteroatoms. The summed E-state index contributed by atoms with van der Waals surface area (Å²) in [6, 6.07) is 1.57. The van der Waals surface area contributed by atoms with Crippen molar-refractivity contribution in [3.05, 3.63) is 0 Å². The zero-order chi connectivity index (χ0) is 13.8. The zero-order valence-electron chi connectivity index (χ0n) is 13.2. The molecule has 3 fully saturated rings. The SMILES string of the molecule is NCC(CC1CCCCC1)N1CCCC1C1CCCC1. The second-order valence-electron chi connectivity index (χ2n) is 7.62. The molecular weight excluding hydrogens is 244 g/mol. The molecule has 20 heavy (non-hydrogen) atoms. The van der Waals surface area contributed by atoms with E-state index in [1.807, 2.05) is 0 Å². The van der Waals surface area contributed by atoms with Crippen LogP contribution in [0.3, 0.4) is 0 Å². The lowest BCUT2D eigenvalue weighted by atomic mass is 9.84. The summed E-state index contributed by atoms with van der Waals surface area (Å²) in [5.74, 6) is 1.97. The van der Waals surface area contributed by atoms with Gasteiger partial charge in [-0.2, -0.15) is 0 Å². The van der Waals surface area contributed by atoms with Gasteiger partial charge in [-0.3, -0.25) is 4.90 Å². The van der Waals surface area contributed by atoms with Gasteiger partial charge >= 0.3 is 0 Å². The maximum Gasteiger partial charge on any atom is 0.0224 e. The number of hydrogen-bond acceptors (Lipinski definition) is 2. The van der Waals surface area contributed by atoms with Crippen LogP contribution in [0.5, 0.6) is 0 Å². The van der Waals surface area contributed by atoms with Crippen LogP contribution in [0, 0.1) is 11.8 Å². The van der Waals surface area contributed by atoms with Crippen LogP contribution in [-0.4, -0.2) is 30.1 Å². The molecule has 0 bridgehead atoms. The first kappa shape index (κ1) is 14.8. The van der Waals surface area contributed by atoms with Crippen molar-refractivity contribution in [1.29, 1.82) is 0 Å². The minimum absolute atomic E-state index is 0.686. The second-order valence-corrected chi connectivity index (χ2v) is 7.62. The van der Waals surface area contributed by atoms with E-state index in [1.54, 1.807) is 0 Å². The van der Waals surface area contributed by atoms with Crippen LogP contribution in [0.4, 0.5) is 0 Å². The molecule has 3 aliphatic rings. The van der Waals surface area contributed by atoms with E-state index >= 15 is 0 Å². The largest absolute Gasteiger partial charge is 0.329 e. The van der Waals surface area contributed by atoms with E-state index in [0.717, 1.165) is 24.4 Å². The van der Waals surface area contributed by atoms with Crippen LogP contribution >= 0.6 is 0 Å². The fourth-order valence-corrected chi connectivity index (χ4v) is 5.29. The van der Waals surface area contributed by atoms with Gasteiger partial charge in [0, 0.05) is 18.6 Å². The number of nitrogens with two attached hydrogens (primary N) is 1. The Balaban J connectivity index is 1.58. The third-order valence-electron chi connectivity index (χ3n) is 6.36. The molecular formula is C18H34N2. The highest BCUT2D eigenvalue weighted by Crippen LogP contribution is 2.38. The highest BCUT2D eigenvalue weighted by molar-refractivity contribution is 4.92. The summed E-state index contributed by atoms with van der Waals surface area (Å²) in [5.41, 5.74) is 6.19. The lowest BCUT2D eigenvalue weighted by molar-refractivity contribution is 0.113. The van der Waals surface area contributed by atoms with Gasteiger partial charge in [0.15, 0.2) is 0 Å². The van der Waals surface area contributed by atoms with Gasteiger partial charge in [-0.1, -0.05) is 44.9 Å². The minimum atomic E-state index is 0.686. The average molecular weight is 278 g/mol. The van der Waals surface area contributed by atoms with E-state index in [4.69, 9.17) is 5.73 Å². The van der Waals surface area contributed by atoms with Gasteiger partial charge in [-0.25, -0.2) is 0 Å². The average Bonchev–Trinajstić information content (AvgIpc) is 3.16. The second kappa shape index (κ2) is 7.26. The maximum absolute atomic E-state index is 6.19. The van der Waals surface area contributed by atoms with E-state index in [-0.39, 0.29) is 0 Å². The lowest BCUT2D eigenvalue weighted by Crippen LogP contribution is -2.47. The molecule has 1 saturated heterocycles. The number of rotatable bonds is 5. The summed E-state index contributed by atoms with van der Waals surface area (Å²) in [6.07, 6.45) is 17.5.